The Morgan fingerprint density at radius 2 is 1.57 bits per heavy atom. The molecule has 0 aliphatic carbocycles. The maximum atomic E-state index is 12.4. The molecule has 0 bridgehead atoms. The van der Waals surface area contributed by atoms with E-state index in [2.05, 4.69) is 23.7 Å². The first-order valence-corrected chi connectivity index (χ1v) is 9.72. The van der Waals surface area contributed by atoms with E-state index in [0.29, 0.717) is 22.8 Å². The number of methoxy groups -OCH3 is 3. The summed E-state index contributed by atoms with van der Waals surface area (Å²) in [5, 5.41) is 0. The molecule has 30 heavy (non-hydrogen) atoms. The predicted molar refractivity (Wildman–Crippen MR) is 117 cm³/mol. The molecule has 0 N–H and O–H groups in total. The molecule has 0 amide bonds. The topological polar surface area (TPSA) is 69.6 Å². The fourth-order valence-corrected chi connectivity index (χ4v) is 3.27. The number of rotatable bonds is 8. The van der Waals surface area contributed by atoms with Crippen LogP contribution in [0.4, 0.5) is 5.69 Å². The Bertz CT molecular complexity index is 951. The van der Waals surface area contributed by atoms with Crippen molar-refractivity contribution in [2.75, 3.05) is 39.3 Å². The molecule has 0 saturated heterocycles. The maximum Gasteiger partial charge on any atom is 0.363 e. The van der Waals surface area contributed by atoms with Crippen molar-refractivity contribution in [2.24, 2.45) is 4.99 Å². The van der Waals surface area contributed by atoms with Gasteiger partial charge in [-0.25, -0.2) is 9.79 Å². The minimum atomic E-state index is -0.508. The lowest BCUT2D eigenvalue weighted by Crippen LogP contribution is -2.21. The lowest BCUT2D eigenvalue weighted by Gasteiger charge is -2.20. The summed E-state index contributed by atoms with van der Waals surface area (Å²) in [6, 6.07) is 11.4. The summed E-state index contributed by atoms with van der Waals surface area (Å²) < 4.78 is 21.4. The van der Waals surface area contributed by atoms with Crippen LogP contribution in [-0.4, -0.2) is 46.3 Å². The summed E-state index contributed by atoms with van der Waals surface area (Å²) in [5.74, 6) is 1.04. The highest BCUT2D eigenvalue weighted by Crippen LogP contribution is 2.39. The van der Waals surface area contributed by atoms with Crippen molar-refractivity contribution in [3.05, 3.63) is 53.2 Å². The van der Waals surface area contributed by atoms with Crippen molar-refractivity contribution in [1.29, 1.82) is 0 Å². The first kappa shape index (κ1) is 21.2. The number of esters is 1. The molecule has 0 atom stereocenters. The van der Waals surface area contributed by atoms with Gasteiger partial charge in [-0.1, -0.05) is 12.1 Å². The zero-order valence-corrected chi connectivity index (χ0v) is 17.9. The van der Waals surface area contributed by atoms with Crippen molar-refractivity contribution in [1.82, 2.24) is 0 Å². The van der Waals surface area contributed by atoms with Crippen LogP contribution < -0.4 is 19.1 Å². The quantitative estimate of drug-likeness (QED) is 0.486. The molecule has 0 unspecified atom stereocenters. The first-order chi connectivity index (χ1) is 14.5. The van der Waals surface area contributed by atoms with Gasteiger partial charge in [-0.15, -0.1) is 0 Å². The average Bonchev–Trinajstić information content (AvgIpc) is 3.14. The number of benzene rings is 2. The number of hydrogen-bond donors (Lipinski definition) is 0. The van der Waals surface area contributed by atoms with Crippen LogP contribution in [0.2, 0.25) is 0 Å². The number of hydrogen-bond acceptors (Lipinski definition) is 7. The smallest absolute Gasteiger partial charge is 0.363 e. The van der Waals surface area contributed by atoms with Gasteiger partial charge in [-0.05, 0) is 49.8 Å². The van der Waals surface area contributed by atoms with E-state index in [1.165, 1.54) is 21.3 Å². The van der Waals surface area contributed by atoms with Gasteiger partial charge in [-0.3, -0.25) is 0 Å². The zero-order valence-electron chi connectivity index (χ0n) is 17.9. The maximum absolute atomic E-state index is 12.4. The van der Waals surface area contributed by atoms with Crippen molar-refractivity contribution >= 4 is 23.6 Å². The lowest BCUT2D eigenvalue weighted by atomic mass is 10.1. The van der Waals surface area contributed by atoms with Crippen molar-refractivity contribution < 1.29 is 23.7 Å². The van der Waals surface area contributed by atoms with E-state index in [0.717, 1.165) is 24.3 Å². The lowest BCUT2D eigenvalue weighted by molar-refractivity contribution is -0.129. The molecule has 1 aliphatic heterocycles. The zero-order chi connectivity index (χ0) is 21.7. The third-order valence-electron chi connectivity index (χ3n) is 4.86. The summed E-state index contributed by atoms with van der Waals surface area (Å²) in [6.07, 6.45) is 1.71. The van der Waals surface area contributed by atoms with Crippen LogP contribution in [0.3, 0.4) is 0 Å². The van der Waals surface area contributed by atoms with Crippen LogP contribution in [0.25, 0.3) is 6.08 Å². The third kappa shape index (κ3) is 4.25. The number of aliphatic imine (C=N–C) groups is 1. The molecule has 0 spiro atoms. The number of ether oxygens (including phenoxy) is 4. The SMILES string of the molecule is CCN(CC)c1ccc(/C=C2\N=C(c3cc(OC)c(OC)c(OC)c3)OC2=O)cc1. The molecular formula is C23H26N2O5. The van der Waals surface area contributed by atoms with Crippen LogP contribution >= 0.6 is 0 Å². The van der Waals surface area contributed by atoms with Crippen molar-refractivity contribution in [3.63, 3.8) is 0 Å². The highest BCUT2D eigenvalue weighted by Gasteiger charge is 2.26. The molecule has 158 valence electrons. The standard InChI is InChI=1S/C23H26N2O5/c1-6-25(7-2)17-10-8-15(9-11-17)12-18-23(26)30-22(24-18)16-13-19(27-3)21(29-5)20(14-16)28-4/h8-14H,6-7H2,1-5H3/b18-12-. The normalized spacial score (nSPS) is 14.4. The summed E-state index contributed by atoms with van der Waals surface area (Å²) >= 11 is 0. The molecule has 3 rings (SSSR count). The van der Waals surface area contributed by atoms with Gasteiger partial charge in [0, 0.05) is 24.3 Å². The Morgan fingerprint density at radius 1 is 0.967 bits per heavy atom. The molecule has 2 aromatic carbocycles. The Balaban J connectivity index is 1.91. The molecule has 1 aliphatic rings. The summed E-state index contributed by atoms with van der Waals surface area (Å²) in [5.41, 5.74) is 2.79. The van der Waals surface area contributed by atoms with Gasteiger partial charge in [0.25, 0.3) is 0 Å². The van der Waals surface area contributed by atoms with Crippen molar-refractivity contribution in [3.8, 4) is 17.2 Å². The van der Waals surface area contributed by atoms with E-state index in [-0.39, 0.29) is 11.6 Å². The van der Waals surface area contributed by atoms with Gasteiger partial charge in [-0.2, -0.15) is 0 Å². The Kier molecular flexibility index (Phi) is 6.61. The second kappa shape index (κ2) is 9.35. The van der Waals surface area contributed by atoms with Gasteiger partial charge in [0.05, 0.1) is 21.3 Å². The Hall–Kier alpha value is -3.48. The van der Waals surface area contributed by atoms with Gasteiger partial charge in [0.15, 0.2) is 17.2 Å². The Labute approximate surface area is 176 Å². The van der Waals surface area contributed by atoms with Crippen LogP contribution in [0, 0.1) is 0 Å². The molecule has 1 heterocycles. The van der Waals surface area contributed by atoms with E-state index in [1.807, 2.05) is 24.3 Å². The third-order valence-corrected chi connectivity index (χ3v) is 4.86. The van der Waals surface area contributed by atoms with Crippen LogP contribution in [0.1, 0.15) is 25.0 Å². The fraction of sp³-hybridized carbons (Fsp3) is 0.304. The van der Waals surface area contributed by atoms with Gasteiger partial charge < -0.3 is 23.8 Å². The number of carbonyl (C=O) groups excluding carboxylic acids is 1. The van der Waals surface area contributed by atoms with Crippen molar-refractivity contribution in [2.45, 2.75) is 13.8 Å². The second-order valence-corrected chi connectivity index (χ2v) is 6.51. The molecular weight excluding hydrogens is 384 g/mol. The van der Waals surface area contributed by atoms with Gasteiger partial charge >= 0.3 is 5.97 Å². The monoisotopic (exact) mass is 410 g/mol. The highest BCUT2D eigenvalue weighted by molar-refractivity contribution is 6.13. The highest BCUT2D eigenvalue weighted by atomic mass is 16.6. The van der Waals surface area contributed by atoms with Crippen LogP contribution in [0.15, 0.2) is 47.1 Å². The van der Waals surface area contributed by atoms with E-state index in [9.17, 15) is 4.79 Å². The molecule has 0 aromatic heterocycles. The number of carbonyl (C=O) groups is 1. The molecule has 0 saturated carbocycles. The Morgan fingerprint density at radius 3 is 2.07 bits per heavy atom. The molecule has 7 nitrogen and oxygen atoms in total. The number of anilines is 1. The predicted octanol–water partition coefficient (Wildman–Crippen LogP) is 3.90. The fourth-order valence-electron chi connectivity index (χ4n) is 3.27. The summed E-state index contributed by atoms with van der Waals surface area (Å²) in [7, 11) is 4.58. The first-order valence-electron chi connectivity index (χ1n) is 9.72. The molecule has 2 aromatic rings. The second-order valence-electron chi connectivity index (χ2n) is 6.51. The number of cyclic esters (lactones) is 1. The largest absolute Gasteiger partial charge is 0.493 e. The minimum Gasteiger partial charge on any atom is -0.493 e. The van der Waals surface area contributed by atoms with E-state index >= 15 is 0 Å². The van der Waals surface area contributed by atoms with Crippen LogP contribution in [-0.2, 0) is 9.53 Å². The van der Waals surface area contributed by atoms with Gasteiger partial charge in [0.1, 0.15) is 0 Å². The molecule has 0 fully saturated rings. The summed E-state index contributed by atoms with van der Waals surface area (Å²) in [4.78, 5) is 19.0. The summed E-state index contributed by atoms with van der Waals surface area (Å²) in [6.45, 7) is 6.11. The molecule has 0 radical (unpaired) electrons. The average molecular weight is 410 g/mol. The van der Waals surface area contributed by atoms with E-state index in [1.54, 1.807) is 18.2 Å². The number of nitrogens with zero attached hydrogens (tertiary/aromatic N) is 2. The van der Waals surface area contributed by atoms with Gasteiger partial charge in [0.2, 0.25) is 11.6 Å². The van der Waals surface area contributed by atoms with E-state index < -0.39 is 5.97 Å². The van der Waals surface area contributed by atoms with Crippen LogP contribution in [0.5, 0.6) is 17.2 Å². The van der Waals surface area contributed by atoms with E-state index in [4.69, 9.17) is 18.9 Å². The molecule has 7 heteroatoms. The minimum absolute atomic E-state index is 0.185.